The molecule has 0 aromatic rings. The molecular weight excluding hydrogens is 258 g/mol. The zero-order chi connectivity index (χ0) is 14.1. The van der Waals surface area contributed by atoms with Crippen molar-refractivity contribution in [3.63, 3.8) is 0 Å². The van der Waals surface area contributed by atoms with E-state index in [9.17, 15) is 4.79 Å². The molecule has 1 aliphatic rings. The van der Waals surface area contributed by atoms with Gasteiger partial charge in [-0.1, -0.05) is 26.2 Å². The van der Waals surface area contributed by atoms with Crippen LogP contribution in [0.3, 0.4) is 0 Å². The lowest BCUT2D eigenvalue weighted by atomic mass is 10.0. The number of rotatable bonds is 8. The third kappa shape index (κ3) is 5.74. The molecule has 0 radical (unpaired) electrons. The molecule has 0 bridgehead atoms. The van der Waals surface area contributed by atoms with E-state index in [1.807, 2.05) is 25.6 Å². The van der Waals surface area contributed by atoms with Crippen LogP contribution in [0.25, 0.3) is 0 Å². The Morgan fingerprint density at radius 1 is 1.32 bits per heavy atom. The zero-order valence-electron chi connectivity index (χ0n) is 12.7. The van der Waals surface area contributed by atoms with Gasteiger partial charge in [-0.05, 0) is 39.7 Å². The standard InChI is InChI=1S/C15H29NO2S/c1-4-11-16-15(3,14(17)18-5-2)12-19-13-9-7-6-8-10-13/h13,16H,4-12H2,1-3H3. The first kappa shape index (κ1) is 16.8. The molecule has 0 saturated heterocycles. The molecule has 0 amide bonds. The van der Waals surface area contributed by atoms with Gasteiger partial charge in [0, 0.05) is 11.0 Å². The first-order valence-corrected chi connectivity index (χ1v) is 8.71. The van der Waals surface area contributed by atoms with Crippen molar-refractivity contribution in [2.24, 2.45) is 0 Å². The van der Waals surface area contributed by atoms with Crippen LogP contribution in [0.1, 0.15) is 59.3 Å². The minimum atomic E-state index is -0.534. The van der Waals surface area contributed by atoms with Gasteiger partial charge in [0.2, 0.25) is 0 Å². The molecule has 0 aromatic carbocycles. The normalized spacial score (nSPS) is 19.9. The molecule has 1 atom stereocenters. The van der Waals surface area contributed by atoms with Crippen molar-refractivity contribution in [3.05, 3.63) is 0 Å². The van der Waals surface area contributed by atoms with Crippen LogP contribution in [0.5, 0.6) is 0 Å². The second-order valence-electron chi connectivity index (χ2n) is 5.55. The topological polar surface area (TPSA) is 38.3 Å². The van der Waals surface area contributed by atoms with Crippen molar-refractivity contribution in [3.8, 4) is 0 Å². The lowest BCUT2D eigenvalue weighted by Gasteiger charge is -2.31. The molecular formula is C15H29NO2S. The summed E-state index contributed by atoms with van der Waals surface area (Å²) in [5.41, 5.74) is -0.534. The van der Waals surface area contributed by atoms with E-state index in [4.69, 9.17) is 4.74 Å². The molecule has 4 heteroatoms. The highest BCUT2D eigenvalue weighted by Crippen LogP contribution is 2.30. The average Bonchev–Trinajstić information content (AvgIpc) is 2.44. The van der Waals surface area contributed by atoms with Crippen LogP contribution in [0, 0.1) is 0 Å². The van der Waals surface area contributed by atoms with Crippen molar-refractivity contribution in [2.45, 2.75) is 70.1 Å². The summed E-state index contributed by atoms with van der Waals surface area (Å²) in [6.45, 7) is 7.28. The van der Waals surface area contributed by atoms with Gasteiger partial charge < -0.3 is 10.1 Å². The van der Waals surface area contributed by atoms with Gasteiger partial charge in [0.25, 0.3) is 0 Å². The van der Waals surface area contributed by atoms with Crippen molar-refractivity contribution >= 4 is 17.7 Å². The predicted octanol–water partition coefficient (Wildman–Crippen LogP) is 3.37. The van der Waals surface area contributed by atoms with Gasteiger partial charge >= 0.3 is 5.97 Å². The largest absolute Gasteiger partial charge is 0.465 e. The Hall–Kier alpha value is -0.220. The van der Waals surface area contributed by atoms with E-state index in [2.05, 4.69) is 12.2 Å². The highest BCUT2D eigenvalue weighted by Gasteiger charge is 2.35. The predicted molar refractivity (Wildman–Crippen MR) is 82.7 cm³/mol. The van der Waals surface area contributed by atoms with E-state index in [0.29, 0.717) is 6.61 Å². The summed E-state index contributed by atoms with van der Waals surface area (Å²) in [5, 5.41) is 4.10. The van der Waals surface area contributed by atoms with Crippen molar-refractivity contribution in [2.75, 3.05) is 18.9 Å². The first-order valence-electron chi connectivity index (χ1n) is 7.66. The molecule has 19 heavy (non-hydrogen) atoms. The van der Waals surface area contributed by atoms with Gasteiger partial charge in [-0.3, -0.25) is 4.79 Å². The highest BCUT2D eigenvalue weighted by molar-refractivity contribution is 8.00. The van der Waals surface area contributed by atoms with Crippen molar-refractivity contribution in [1.29, 1.82) is 0 Å². The fourth-order valence-electron chi connectivity index (χ4n) is 2.39. The molecule has 0 heterocycles. The Bertz CT molecular complexity index is 267. The fraction of sp³-hybridized carbons (Fsp3) is 0.933. The van der Waals surface area contributed by atoms with Gasteiger partial charge in [0.1, 0.15) is 5.54 Å². The summed E-state index contributed by atoms with van der Waals surface area (Å²) in [6, 6.07) is 0. The number of hydrogen-bond donors (Lipinski definition) is 1. The molecule has 112 valence electrons. The highest BCUT2D eigenvalue weighted by atomic mass is 32.2. The van der Waals surface area contributed by atoms with Crippen molar-refractivity contribution in [1.82, 2.24) is 5.32 Å². The van der Waals surface area contributed by atoms with Crippen LogP contribution in [0.15, 0.2) is 0 Å². The molecule has 0 spiro atoms. The molecule has 0 aromatic heterocycles. The third-order valence-electron chi connectivity index (χ3n) is 3.65. The molecule has 1 aliphatic carbocycles. The summed E-state index contributed by atoms with van der Waals surface area (Å²) in [7, 11) is 0. The van der Waals surface area contributed by atoms with E-state index in [1.54, 1.807) is 0 Å². The maximum atomic E-state index is 12.1. The lowest BCUT2D eigenvalue weighted by Crippen LogP contribution is -2.53. The molecule has 1 saturated carbocycles. The molecule has 1 fully saturated rings. The molecule has 3 nitrogen and oxygen atoms in total. The maximum absolute atomic E-state index is 12.1. The number of esters is 1. The number of carbonyl (C=O) groups is 1. The zero-order valence-corrected chi connectivity index (χ0v) is 13.5. The van der Waals surface area contributed by atoms with E-state index in [0.717, 1.165) is 24.0 Å². The summed E-state index contributed by atoms with van der Waals surface area (Å²) >= 11 is 1.95. The van der Waals surface area contributed by atoms with E-state index < -0.39 is 5.54 Å². The summed E-state index contributed by atoms with van der Waals surface area (Å²) in [6.07, 6.45) is 7.70. The molecule has 1 N–H and O–H groups in total. The van der Waals surface area contributed by atoms with Crippen LogP contribution >= 0.6 is 11.8 Å². The van der Waals surface area contributed by atoms with Crippen LogP contribution < -0.4 is 5.32 Å². The Morgan fingerprint density at radius 3 is 2.58 bits per heavy atom. The maximum Gasteiger partial charge on any atom is 0.326 e. The van der Waals surface area contributed by atoms with E-state index in [1.165, 1.54) is 32.1 Å². The summed E-state index contributed by atoms with van der Waals surface area (Å²) < 4.78 is 5.23. The Balaban J connectivity index is 2.49. The second kappa shape index (κ2) is 8.85. The van der Waals surface area contributed by atoms with Gasteiger partial charge in [0.15, 0.2) is 0 Å². The minimum absolute atomic E-state index is 0.105. The smallest absolute Gasteiger partial charge is 0.326 e. The summed E-state index contributed by atoms with van der Waals surface area (Å²) in [5.74, 6) is 0.711. The van der Waals surface area contributed by atoms with Gasteiger partial charge in [0.05, 0.1) is 6.61 Å². The van der Waals surface area contributed by atoms with Crippen LogP contribution in [-0.4, -0.2) is 35.7 Å². The molecule has 1 rings (SSSR count). The van der Waals surface area contributed by atoms with Gasteiger partial charge in [-0.2, -0.15) is 11.8 Å². The lowest BCUT2D eigenvalue weighted by molar-refractivity contribution is -0.149. The van der Waals surface area contributed by atoms with Crippen LogP contribution in [0.2, 0.25) is 0 Å². The SMILES string of the molecule is CCCNC(C)(CSC1CCCCC1)C(=O)OCC. The number of carbonyl (C=O) groups excluding carboxylic acids is 1. The van der Waals surface area contributed by atoms with Gasteiger partial charge in [-0.25, -0.2) is 0 Å². The number of ether oxygens (including phenoxy) is 1. The third-order valence-corrected chi connectivity index (χ3v) is 5.34. The van der Waals surface area contributed by atoms with Gasteiger partial charge in [-0.15, -0.1) is 0 Å². The summed E-state index contributed by atoms with van der Waals surface area (Å²) in [4.78, 5) is 12.1. The quantitative estimate of drug-likeness (QED) is 0.695. The molecule has 0 aliphatic heterocycles. The Morgan fingerprint density at radius 2 is 2.00 bits per heavy atom. The van der Waals surface area contributed by atoms with E-state index in [-0.39, 0.29) is 5.97 Å². The fourth-order valence-corrected chi connectivity index (χ4v) is 3.85. The Kier molecular flexibility index (Phi) is 7.84. The number of hydrogen-bond acceptors (Lipinski definition) is 4. The van der Waals surface area contributed by atoms with Crippen molar-refractivity contribution < 1.29 is 9.53 Å². The average molecular weight is 287 g/mol. The Labute approximate surface area is 122 Å². The second-order valence-corrected chi connectivity index (χ2v) is 6.84. The molecule has 1 unspecified atom stereocenters. The monoisotopic (exact) mass is 287 g/mol. The van der Waals surface area contributed by atoms with E-state index >= 15 is 0 Å². The van der Waals surface area contributed by atoms with Crippen LogP contribution in [-0.2, 0) is 9.53 Å². The number of thioether (sulfide) groups is 1. The van der Waals surface area contributed by atoms with Crippen LogP contribution in [0.4, 0.5) is 0 Å². The first-order chi connectivity index (χ1) is 9.12. The number of nitrogens with one attached hydrogen (secondary N) is 1. The minimum Gasteiger partial charge on any atom is -0.465 e.